The van der Waals surface area contributed by atoms with Gasteiger partial charge in [-0.05, 0) is 51.0 Å². The number of halogens is 1. The Hall–Kier alpha value is -1.13. The molecule has 0 amide bonds. The Labute approximate surface area is 112 Å². The fraction of sp³-hybridized carbons (Fsp3) is 0.538. The van der Waals surface area contributed by atoms with Crippen molar-refractivity contribution < 1.29 is 0 Å². The number of aromatic nitrogens is 3. The van der Waals surface area contributed by atoms with Crippen LogP contribution in [0.25, 0.3) is 5.65 Å². The van der Waals surface area contributed by atoms with Crippen LogP contribution in [-0.4, -0.2) is 39.6 Å². The van der Waals surface area contributed by atoms with Gasteiger partial charge in [0.2, 0.25) is 0 Å². The van der Waals surface area contributed by atoms with Gasteiger partial charge in [-0.1, -0.05) is 11.6 Å². The topological polar surface area (TPSA) is 33.4 Å². The smallest absolute Gasteiger partial charge is 0.155 e. The summed E-state index contributed by atoms with van der Waals surface area (Å²) < 4.78 is 1.77. The molecule has 0 N–H and O–H groups in total. The number of pyridine rings is 1. The molecule has 18 heavy (non-hydrogen) atoms. The highest BCUT2D eigenvalue weighted by Crippen LogP contribution is 2.20. The van der Waals surface area contributed by atoms with Gasteiger partial charge in [0.1, 0.15) is 0 Å². The largest absolute Gasteiger partial charge is 0.306 e. The molecule has 4 nitrogen and oxygen atoms in total. The van der Waals surface area contributed by atoms with Crippen LogP contribution in [0.4, 0.5) is 0 Å². The second-order valence-corrected chi connectivity index (χ2v) is 5.57. The second kappa shape index (κ2) is 4.86. The highest BCUT2D eigenvalue weighted by atomic mass is 35.5. The fourth-order valence-electron chi connectivity index (χ4n) is 2.51. The standard InChI is InChI=1S/C13H17ClN4/c1-17-6-4-10(5-7-17)8-12-15-13-3-2-11(14)9-18(13)16-12/h2-3,9-10H,4-8H2,1H3. The van der Waals surface area contributed by atoms with Gasteiger partial charge < -0.3 is 4.90 Å². The van der Waals surface area contributed by atoms with Gasteiger partial charge in [-0.25, -0.2) is 9.50 Å². The molecule has 2 aromatic heterocycles. The lowest BCUT2D eigenvalue weighted by Gasteiger charge is -2.28. The van der Waals surface area contributed by atoms with Crippen molar-refractivity contribution in [3.8, 4) is 0 Å². The summed E-state index contributed by atoms with van der Waals surface area (Å²) >= 11 is 5.94. The monoisotopic (exact) mass is 264 g/mol. The van der Waals surface area contributed by atoms with Crippen molar-refractivity contribution in [2.24, 2.45) is 5.92 Å². The van der Waals surface area contributed by atoms with Crippen molar-refractivity contribution in [2.75, 3.05) is 20.1 Å². The van der Waals surface area contributed by atoms with E-state index in [2.05, 4.69) is 22.0 Å². The SMILES string of the molecule is CN1CCC(Cc2nc3ccc(Cl)cn3n2)CC1. The summed E-state index contributed by atoms with van der Waals surface area (Å²) in [6.07, 6.45) is 5.27. The van der Waals surface area contributed by atoms with Gasteiger partial charge in [-0.2, -0.15) is 5.10 Å². The maximum atomic E-state index is 5.94. The molecule has 0 radical (unpaired) electrons. The van der Waals surface area contributed by atoms with Crippen molar-refractivity contribution >= 4 is 17.2 Å². The normalized spacial score (nSPS) is 18.6. The van der Waals surface area contributed by atoms with E-state index in [1.807, 2.05) is 18.3 Å². The summed E-state index contributed by atoms with van der Waals surface area (Å²) in [6.45, 7) is 2.37. The third-order valence-electron chi connectivity index (χ3n) is 3.65. The Morgan fingerprint density at radius 2 is 2.11 bits per heavy atom. The molecule has 0 aromatic carbocycles. The van der Waals surface area contributed by atoms with E-state index in [1.165, 1.54) is 25.9 Å². The molecule has 2 aromatic rings. The van der Waals surface area contributed by atoms with E-state index in [9.17, 15) is 0 Å². The third kappa shape index (κ3) is 2.49. The molecule has 1 saturated heterocycles. The van der Waals surface area contributed by atoms with Crippen LogP contribution in [-0.2, 0) is 6.42 Å². The van der Waals surface area contributed by atoms with Crippen molar-refractivity contribution in [2.45, 2.75) is 19.3 Å². The number of hydrogen-bond acceptors (Lipinski definition) is 3. The molecule has 3 rings (SSSR count). The first-order chi connectivity index (χ1) is 8.70. The van der Waals surface area contributed by atoms with Crippen molar-refractivity contribution in [1.82, 2.24) is 19.5 Å². The molecule has 3 heterocycles. The number of hydrogen-bond donors (Lipinski definition) is 0. The number of piperidine rings is 1. The zero-order valence-corrected chi connectivity index (χ0v) is 11.3. The highest BCUT2D eigenvalue weighted by Gasteiger charge is 2.18. The van der Waals surface area contributed by atoms with E-state index in [4.69, 9.17) is 11.6 Å². The summed E-state index contributed by atoms with van der Waals surface area (Å²) in [7, 11) is 2.18. The molecular weight excluding hydrogens is 248 g/mol. The van der Waals surface area contributed by atoms with Crippen molar-refractivity contribution in [3.05, 3.63) is 29.2 Å². The van der Waals surface area contributed by atoms with Crippen LogP contribution in [0.3, 0.4) is 0 Å². The lowest BCUT2D eigenvalue weighted by atomic mass is 9.94. The van der Waals surface area contributed by atoms with Crippen molar-refractivity contribution in [1.29, 1.82) is 0 Å². The van der Waals surface area contributed by atoms with Crippen LogP contribution < -0.4 is 0 Å². The van der Waals surface area contributed by atoms with E-state index >= 15 is 0 Å². The lowest BCUT2D eigenvalue weighted by molar-refractivity contribution is 0.217. The van der Waals surface area contributed by atoms with E-state index in [0.717, 1.165) is 17.9 Å². The fourth-order valence-corrected chi connectivity index (χ4v) is 2.67. The molecule has 5 heteroatoms. The minimum atomic E-state index is 0.693. The predicted octanol–water partition coefficient (Wildman–Crippen LogP) is 2.27. The minimum Gasteiger partial charge on any atom is -0.306 e. The van der Waals surface area contributed by atoms with Crippen LogP contribution >= 0.6 is 11.6 Å². The summed E-state index contributed by atoms with van der Waals surface area (Å²) in [5, 5.41) is 5.19. The van der Waals surface area contributed by atoms with Gasteiger partial charge in [0.15, 0.2) is 11.5 Å². The number of fused-ring (bicyclic) bond motifs is 1. The summed E-state index contributed by atoms with van der Waals surface area (Å²) in [6, 6.07) is 3.76. The van der Waals surface area contributed by atoms with Gasteiger partial charge in [0.05, 0.1) is 5.02 Å². The summed E-state index contributed by atoms with van der Waals surface area (Å²) in [5.74, 6) is 1.65. The first-order valence-corrected chi connectivity index (χ1v) is 6.78. The molecule has 0 bridgehead atoms. The third-order valence-corrected chi connectivity index (χ3v) is 3.87. The van der Waals surface area contributed by atoms with Gasteiger partial charge >= 0.3 is 0 Å². The molecule has 0 spiro atoms. The Kier molecular flexibility index (Phi) is 3.22. The zero-order chi connectivity index (χ0) is 12.5. The van der Waals surface area contributed by atoms with E-state index in [-0.39, 0.29) is 0 Å². The van der Waals surface area contributed by atoms with Gasteiger partial charge in [0, 0.05) is 12.6 Å². The predicted molar refractivity (Wildman–Crippen MR) is 71.9 cm³/mol. The van der Waals surface area contributed by atoms with E-state index < -0.39 is 0 Å². The van der Waals surface area contributed by atoms with Gasteiger partial charge in [-0.15, -0.1) is 0 Å². The second-order valence-electron chi connectivity index (χ2n) is 5.13. The molecular formula is C13H17ClN4. The molecule has 0 atom stereocenters. The minimum absolute atomic E-state index is 0.693. The highest BCUT2D eigenvalue weighted by molar-refractivity contribution is 6.30. The number of rotatable bonds is 2. The molecule has 1 aliphatic heterocycles. The Morgan fingerprint density at radius 3 is 2.89 bits per heavy atom. The number of nitrogens with zero attached hydrogens (tertiary/aromatic N) is 4. The molecule has 0 aliphatic carbocycles. The molecule has 1 aliphatic rings. The van der Waals surface area contributed by atoms with Crippen LogP contribution in [0.1, 0.15) is 18.7 Å². The number of likely N-dealkylation sites (tertiary alicyclic amines) is 1. The first-order valence-electron chi connectivity index (χ1n) is 6.40. The average Bonchev–Trinajstić information content (AvgIpc) is 2.73. The van der Waals surface area contributed by atoms with Crippen molar-refractivity contribution in [3.63, 3.8) is 0 Å². The maximum Gasteiger partial charge on any atom is 0.155 e. The Bertz CT molecular complexity index is 543. The van der Waals surface area contributed by atoms with Crippen LogP contribution in [0.15, 0.2) is 18.3 Å². The van der Waals surface area contributed by atoms with E-state index in [0.29, 0.717) is 10.9 Å². The van der Waals surface area contributed by atoms with Crippen LogP contribution in [0.2, 0.25) is 5.02 Å². The Morgan fingerprint density at radius 1 is 1.33 bits per heavy atom. The molecule has 96 valence electrons. The lowest BCUT2D eigenvalue weighted by Crippen LogP contribution is -2.31. The average molecular weight is 265 g/mol. The zero-order valence-electron chi connectivity index (χ0n) is 10.5. The van der Waals surface area contributed by atoms with Crippen LogP contribution in [0, 0.1) is 5.92 Å². The Balaban J connectivity index is 1.74. The van der Waals surface area contributed by atoms with Gasteiger partial charge in [0.25, 0.3) is 0 Å². The van der Waals surface area contributed by atoms with Crippen LogP contribution in [0.5, 0.6) is 0 Å². The maximum absolute atomic E-state index is 5.94. The summed E-state index contributed by atoms with van der Waals surface area (Å²) in [4.78, 5) is 6.93. The van der Waals surface area contributed by atoms with Gasteiger partial charge in [-0.3, -0.25) is 0 Å². The first kappa shape index (κ1) is 11.9. The quantitative estimate of drug-likeness (QED) is 0.834. The summed E-state index contributed by atoms with van der Waals surface area (Å²) in [5.41, 5.74) is 0.877. The van der Waals surface area contributed by atoms with E-state index in [1.54, 1.807) is 4.52 Å². The molecule has 0 saturated carbocycles. The molecule has 0 unspecified atom stereocenters. The molecule has 1 fully saturated rings.